The van der Waals surface area contributed by atoms with Gasteiger partial charge >= 0.3 is 0 Å². The van der Waals surface area contributed by atoms with E-state index in [9.17, 15) is 0 Å². The zero-order chi connectivity index (χ0) is 23.5. The number of benzene rings is 2. The van der Waals surface area contributed by atoms with Crippen LogP contribution in [0.15, 0.2) is 60.7 Å². The summed E-state index contributed by atoms with van der Waals surface area (Å²) in [6.07, 6.45) is 0. The lowest BCUT2D eigenvalue weighted by Gasteiger charge is -2.38. The largest absolute Gasteiger partial charge is 0.304 e. The molecule has 2 aromatic rings. The van der Waals surface area contributed by atoms with Gasteiger partial charge < -0.3 is 4.90 Å². The third-order valence-electron chi connectivity index (χ3n) is 3.05. The van der Waals surface area contributed by atoms with Crippen molar-refractivity contribution in [1.29, 1.82) is 0 Å². The van der Waals surface area contributed by atoms with Gasteiger partial charge in [0.1, 0.15) is 0 Å². The van der Waals surface area contributed by atoms with Gasteiger partial charge in [-0.05, 0) is 18.1 Å². The highest BCUT2D eigenvalue weighted by Gasteiger charge is 2.24. The van der Waals surface area contributed by atoms with Gasteiger partial charge in [0.05, 0.1) is 6.04 Å². The Labute approximate surface area is 137 Å². The van der Waals surface area contributed by atoms with Crippen LogP contribution in [0.5, 0.6) is 0 Å². The van der Waals surface area contributed by atoms with Crippen LogP contribution < -0.4 is 0 Å². The minimum Gasteiger partial charge on any atom is -0.304 e. The molecule has 20 heavy (non-hydrogen) atoms. The average molecular weight is 277 g/mol. The number of hydrogen-bond donors (Lipinski definition) is 0. The van der Waals surface area contributed by atoms with E-state index >= 15 is 0 Å². The molecular weight excluding hydrogens is 244 g/mol. The Morgan fingerprint density at radius 3 is 1.80 bits per heavy atom. The molecule has 0 unspecified atom stereocenters. The summed E-state index contributed by atoms with van der Waals surface area (Å²) in [4.78, 5) is 0.170. The first-order chi connectivity index (χ1) is 14.1. The molecule has 0 amide bonds. The molecule has 1 heterocycles. The Bertz CT molecular complexity index is 846. The Morgan fingerprint density at radius 1 is 0.850 bits per heavy atom. The van der Waals surface area contributed by atoms with Crippen molar-refractivity contribution in [2.75, 3.05) is 33.0 Å². The van der Waals surface area contributed by atoms with Crippen LogP contribution in [0.4, 0.5) is 0 Å². The molecule has 3 rings (SSSR count). The smallest absolute Gasteiger partial charge is 0.0602 e. The van der Waals surface area contributed by atoms with E-state index in [1.54, 1.807) is 60.7 Å². The van der Waals surface area contributed by atoms with Crippen LogP contribution in [-0.4, -0.2) is 42.8 Å². The van der Waals surface area contributed by atoms with Gasteiger partial charge in [0, 0.05) is 41.1 Å². The predicted octanol–water partition coefficient (Wildman–Crippen LogP) is 3.02. The average Bonchev–Trinajstić information content (AvgIpc) is 2.64. The Balaban J connectivity index is 2.34. The van der Waals surface area contributed by atoms with Gasteiger partial charge in [-0.2, -0.15) is 0 Å². The Morgan fingerprint density at radius 2 is 1.35 bits per heavy atom. The third-order valence-corrected chi connectivity index (χ3v) is 3.05. The van der Waals surface area contributed by atoms with E-state index in [0.717, 1.165) is 0 Å². The van der Waals surface area contributed by atoms with Gasteiger partial charge in [-0.3, -0.25) is 4.90 Å². The predicted molar refractivity (Wildman–Crippen MR) is 83.8 cm³/mol. The lowest BCUT2D eigenvalue weighted by molar-refractivity contribution is 0.127. The molecule has 1 fully saturated rings. The topological polar surface area (TPSA) is 6.48 Å². The molecule has 0 radical (unpaired) electrons. The molecule has 104 valence electrons. The minimum absolute atomic E-state index is 0.309. The first-order valence-electron chi connectivity index (χ1n) is 11.8. The van der Waals surface area contributed by atoms with Gasteiger partial charge in [0.25, 0.3) is 0 Å². The lowest BCUT2D eigenvalue weighted by atomic mass is 9.96. The van der Waals surface area contributed by atoms with Crippen molar-refractivity contribution in [2.45, 2.75) is 6.04 Å². The highest BCUT2D eigenvalue weighted by atomic mass is 15.3. The molecule has 0 aromatic heterocycles. The summed E-state index contributed by atoms with van der Waals surface area (Å²) in [5, 5.41) is 0. The number of rotatable bonds is 3. The van der Waals surface area contributed by atoms with Gasteiger partial charge in [0.15, 0.2) is 0 Å². The molecule has 0 atom stereocenters. The Kier molecular flexibility index (Phi) is 1.75. The van der Waals surface area contributed by atoms with Crippen molar-refractivity contribution >= 4 is 0 Å². The van der Waals surface area contributed by atoms with E-state index in [2.05, 4.69) is 0 Å². The summed E-state index contributed by atoms with van der Waals surface area (Å²) >= 11 is 0. The molecule has 0 spiro atoms. The number of likely N-dealkylation sites (N-methyl/N-ethyl adjacent to an activating group) is 1. The summed E-state index contributed by atoms with van der Waals surface area (Å²) < 4.78 is 90.5. The van der Waals surface area contributed by atoms with Crippen LogP contribution >= 0.6 is 0 Å². The fourth-order valence-electron chi connectivity index (χ4n) is 2.15. The van der Waals surface area contributed by atoms with E-state index in [0.29, 0.717) is 16.0 Å². The highest BCUT2D eigenvalue weighted by Crippen LogP contribution is 2.29. The van der Waals surface area contributed by atoms with Gasteiger partial charge in [0.2, 0.25) is 0 Å². The van der Waals surface area contributed by atoms with Crippen LogP contribution in [0.1, 0.15) is 32.2 Å². The summed E-state index contributed by atoms with van der Waals surface area (Å²) in [5.74, 6) is 0. The normalized spacial score (nSPS) is 36.4. The van der Waals surface area contributed by atoms with Crippen LogP contribution in [0.3, 0.4) is 0 Å². The molecule has 1 aliphatic rings. The molecule has 2 nitrogen and oxygen atoms in total. The third kappa shape index (κ3) is 2.92. The summed E-state index contributed by atoms with van der Waals surface area (Å²) in [6, 6.07) is 15.2. The van der Waals surface area contributed by atoms with E-state index in [1.807, 2.05) is 0 Å². The monoisotopic (exact) mass is 277 g/mol. The maximum Gasteiger partial charge on any atom is 0.0602 e. The molecule has 2 heteroatoms. The van der Waals surface area contributed by atoms with Crippen molar-refractivity contribution in [3.63, 3.8) is 0 Å². The van der Waals surface area contributed by atoms with Crippen molar-refractivity contribution in [2.24, 2.45) is 0 Å². The van der Waals surface area contributed by atoms with Crippen molar-refractivity contribution in [1.82, 2.24) is 9.80 Å². The second-order valence-electron chi connectivity index (χ2n) is 4.38. The molecule has 1 saturated heterocycles. The van der Waals surface area contributed by atoms with Crippen LogP contribution in [0, 0.1) is 0 Å². The summed E-state index contributed by atoms with van der Waals surface area (Å²) in [6.45, 7) is -16.7. The standard InChI is InChI=1S/C18H22N2/c1-19-12-14-20(15-13-19)18(16-8-4-2-5-9-16)17-10-6-3-7-11-17/h2-11,18H,12-15H2,1H3/i1D3,12D2,13D2,14D2,15D2. The zero-order valence-electron chi connectivity index (χ0n) is 21.7. The van der Waals surface area contributed by atoms with Crippen molar-refractivity contribution in [3.05, 3.63) is 71.8 Å². The molecular formula is C18H22N2. The van der Waals surface area contributed by atoms with Crippen molar-refractivity contribution in [3.8, 4) is 0 Å². The van der Waals surface area contributed by atoms with E-state index in [4.69, 9.17) is 15.1 Å². The molecule has 0 bridgehead atoms. The van der Waals surface area contributed by atoms with E-state index in [-0.39, 0.29) is 4.90 Å². The second kappa shape index (κ2) is 6.21. The summed E-state index contributed by atoms with van der Waals surface area (Å²) in [7, 11) is 0. The maximum absolute atomic E-state index is 8.58. The molecule has 0 saturated carbocycles. The van der Waals surface area contributed by atoms with Gasteiger partial charge in [-0.25, -0.2) is 0 Å². The quantitative estimate of drug-likeness (QED) is 0.851. The number of nitrogens with zero attached hydrogens (tertiary/aromatic N) is 2. The zero-order valence-corrected chi connectivity index (χ0v) is 10.7. The van der Waals surface area contributed by atoms with E-state index < -0.39 is 39.0 Å². The van der Waals surface area contributed by atoms with Crippen LogP contribution in [-0.2, 0) is 0 Å². The van der Waals surface area contributed by atoms with Crippen molar-refractivity contribution < 1.29 is 15.1 Å². The minimum atomic E-state index is -3.44. The molecule has 1 aliphatic heterocycles. The second-order valence-corrected chi connectivity index (χ2v) is 4.38. The first kappa shape index (κ1) is 5.63. The molecule has 0 N–H and O–H groups in total. The van der Waals surface area contributed by atoms with Gasteiger partial charge in [-0.15, -0.1) is 0 Å². The SMILES string of the molecule is [2H]C([2H])([2H])N1C([2H])([2H])C([2H])([2H])N(C(c2ccccc2)c2ccccc2)C([2H])([2H])C1([2H])[2H]. The van der Waals surface area contributed by atoms with Gasteiger partial charge in [-0.1, -0.05) is 60.7 Å². The Hall–Kier alpha value is -1.64. The summed E-state index contributed by atoms with van der Waals surface area (Å²) in [5.41, 5.74) is 0.797. The van der Waals surface area contributed by atoms with Crippen LogP contribution in [0.2, 0.25) is 0 Å². The number of hydrogen-bond acceptors (Lipinski definition) is 2. The van der Waals surface area contributed by atoms with E-state index in [1.165, 1.54) is 0 Å². The fraction of sp³-hybridized carbons (Fsp3) is 0.333. The number of piperazine rings is 1. The van der Waals surface area contributed by atoms with Crippen LogP contribution in [0.25, 0.3) is 0 Å². The maximum atomic E-state index is 8.58. The fourth-order valence-corrected chi connectivity index (χ4v) is 2.15. The molecule has 0 aliphatic carbocycles. The molecule has 2 aromatic carbocycles. The first-order valence-corrected chi connectivity index (χ1v) is 6.27. The highest BCUT2D eigenvalue weighted by molar-refractivity contribution is 5.31. The lowest BCUT2D eigenvalue weighted by Crippen LogP contribution is -2.46.